The van der Waals surface area contributed by atoms with E-state index in [0.717, 1.165) is 10.6 Å². The Morgan fingerprint density at radius 2 is 2.32 bits per heavy atom. The lowest BCUT2D eigenvalue weighted by atomic mass is 10.2. The number of benzene rings is 1. The van der Waals surface area contributed by atoms with Gasteiger partial charge in [0.15, 0.2) is 0 Å². The minimum Gasteiger partial charge on any atom is -0.330 e. The Kier molecular flexibility index (Phi) is 4.52. The second-order valence-electron chi connectivity index (χ2n) is 4.08. The highest BCUT2D eigenvalue weighted by Crippen LogP contribution is 2.21. The molecule has 19 heavy (non-hydrogen) atoms. The van der Waals surface area contributed by atoms with Crippen molar-refractivity contribution in [2.24, 2.45) is 5.73 Å². The van der Waals surface area contributed by atoms with Gasteiger partial charge in [0.1, 0.15) is 5.69 Å². The van der Waals surface area contributed by atoms with Gasteiger partial charge in [-0.2, -0.15) is 0 Å². The highest BCUT2D eigenvalue weighted by molar-refractivity contribution is 7.09. The molecule has 0 saturated carbocycles. The van der Waals surface area contributed by atoms with Crippen LogP contribution < -0.4 is 11.1 Å². The Morgan fingerprint density at radius 3 is 3.05 bits per heavy atom. The number of rotatable bonds is 4. The number of carbonyl (C=O) groups is 1. The molecule has 6 heteroatoms. The van der Waals surface area contributed by atoms with E-state index in [9.17, 15) is 4.79 Å². The van der Waals surface area contributed by atoms with E-state index in [-0.39, 0.29) is 5.91 Å². The Morgan fingerprint density at radius 1 is 1.53 bits per heavy atom. The fraction of sp³-hybridized carbons (Fsp3) is 0.231. The van der Waals surface area contributed by atoms with Crippen molar-refractivity contribution < 1.29 is 4.79 Å². The van der Waals surface area contributed by atoms with E-state index in [4.69, 9.17) is 17.3 Å². The van der Waals surface area contributed by atoms with Crippen molar-refractivity contribution >= 4 is 34.5 Å². The Balaban J connectivity index is 2.13. The SMILES string of the molecule is Cc1ccc(Cl)cc1NC(=O)c1csc(CCN)n1. The average Bonchev–Trinajstić information content (AvgIpc) is 2.83. The first-order valence-electron chi connectivity index (χ1n) is 5.82. The molecule has 1 aromatic carbocycles. The third-order valence-electron chi connectivity index (χ3n) is 2.59. The van der Waals surface area contributed by atoms with Crippen molar-refractivity contribution in [2.45, 2.75) is 13.3 Å². The van der Waals surface area contributed by atoms with Crippen molar-refractivity contribution in [1.82, 2.24) is 4.98 Å². The number of halogens is 1. The van der Waals surface area contributed by atoms with E-state index in [0.29, 0.717) is 29.4 Å². The van der Waals surface area contributed by atoms with Gasteiger partial charge in [0.25, 0.3) is 5.91 Å². The maximum atomic E-state index is 12.1. The number of hydrogen-bond donors (Lipinski definition) is 2. The van der Waals surface area contributed by atoms with Crippen LogP contribution in [0.3, 0.4) is 0 Å². The van der Waals surface area contributed by atoms with Crippen LogP contribution in [0.1, 0.15) is 21.1 Å². The van der Waals surface area contributed by atoms with Gasteiger partial charge in [-0.1, -0.05) is 17.7 Å². The van der Waals surface area contributed by atoms with Gasteiger partial charge in [-0.15, -0.1) is 11.3 Å². The van der Waals surface area contributed by atoms with Crippen LogP contribution >= 0.6 is 22.9 Å². The summed E-state index contributed by atoms with van der Waals surface area (Å²) < 4.78 is 0. The van der Waals surface area contributed by atoms with E-state index in [1.807, 2.05) is 13.0 Å². The van der Waals surface area contributed by atoms with Gasteiger partial charge in [-0.05, 0) is 31.2 Å². The quantitative estimate of drug-likeness (QED) is 0.911. The molecule has 4 nitrogen and oxygen atoms in total. The Labute approximate surface area is 120 Å². The van der Waals surface area contributed by atoms with E-state index < -0.39 is 0 Å². The van der Waals surface area contributed by atoms with Gasteiger partial charge in [0, 0.05) is 22.5 Å². The zero-order chi connectivity index (χ0) is 13.8. The highest BCUT2D eigenvalue weighted by Gasteiger charge is 2.12. The third kappa shape index (κ3) is 3.53. The molecule has 0 atom stereocenters. The van der Waals surface area contributed by atoms with E-state index >= 15 is 0 Å². The molecule has 0 bridgehead atoms. The zero-order valence-electron chi connectivity index (χ0n) is 10.4. The van der Waals surface area contributed by atoms with Crippen molar-refractivity contribution in [2.75, 3.05) is 11.9 Å². The van der Waals surface area contributed by atoms with Crippen molar-refractivity contribution in [1.29, 1.82) is 0 Å². The predicted octanol–water partition coefficient (Wildman–Crippen LogP) is 2.86. The summed E-state index contributed by atoms with van der Waals surface area (Å²) in [4.78, 5) is 16.3. The van der Waals surface area contributed by atoms with Crippen LogP contribution in [0.2, 0.25) is 5.02 Å². The molecular weight excluding hydrogens is 282 g/mol. The number of aryl methyl sites for hydroxylation is 1. The molecule has 100 valence electrons. The Bertz CT molecular complexity index is 597. The molecule has 0 aliphatic heterocycles. The number of anilines is 1. The molecule has 1 heterocycles. The smallest absolute Gasteiger partial charge is 0.275 e. The molecule has 0 fully saturated rings. The molecule has 0 unspecified atom stereocenters. The molecule has 2 aromatic rings. The molecular formula is C13H14ClN3OS. The number of nitrogens with two attached hydrogens (primary N) is 1. The Hall–Kier alpha value is -1.43. The second kappa shape index (κ2) is 6.14. The molecule has 0 radical (unpaired) electrons. The van der Waals surface area contributed by atoms with Gasteiger partial charge < -0.3 is 11.1 Å². The predicted molar refractivity (Wildman–Crippen MR) is 79.0 cm³/mol. The van der Waals surface area contributed by atoms with E-state index in [2.05, 4.69) is 10.3 Å². The first kappa shape index (κ1) is 14.0. The fourth-order valence-electron chi connectivity index (χ4n) is 1.57. The molecule has 2 rings (SSSR count). The minimum absolute atomic E-state index is 0.232. The maximum Gasteiger partial charge on any atom is 0.275 e. The number of hydrogen-bond acceptors (Lipinski definition) is 4. The minimum atomic E-state index is -0.232. The molecule has 0 aliphatic rings. The number of amides is 1. The summed E-state index contributed by atoms with van der Waals surface area (Å²) in [5.74, 6) is -0.232. The van der Waals surface area contributed by atoms with E-state index in [1.165, 1.54) is 11.3 Å². The van der Waals surface area contributed by atoms with E-state index in [1.54, 1.807) is 17.5 Å². The number of nitrogens with one attached hydrogen (secondary N) is 1. The first-order valence-corrected chi connectivity index (χ1v) is 7.08. The van der Waals surface area contributed by atoms with Gasteiger partial charge in [0.2, 0.25) is 0 Å². The number of nitrogens with zero attached hydrogens (tertiary/aromatic N) is 1. The van der Waals surface area contributed by atoms with Gasteiger partial charge in [-0.3, -0.25) is 4.79 Å². The van der Waals surface area contributed by atoms with Gasteiger partial charge in [0.05, 0.1) is 5.01 Å². The van der Waals surface area contributed by atoms with Crippen LogP contribution in [-0.2, 0) is 6.42 Å². The number of carbonyl (C=O) groups excluding carboxylic acids is 1. The summed E-state index contributed by atoms with van der Waals surface area (Å²) in [6.07, 6.45) is 0.689. The summed E-state index contributed by atoms with van der Waals surface area (Å²) >= 11 is 7.36. The number of thiazole rings is 1. The normalized spacial score (nSPS) is 10.5. The molecule has 1 aromatic heterocycles. The lowest BCUT2D eigenvalue weighted by molar-refractivity contribution is 0.102. The molecule has 0 saturated heterocycles. The average molecular weight is 296 g/mol. The molecule has 0 spiro atoms. The van der Waals surface area contributed by atoms with Crippen LogP contribution in [0.25, 0.3) is 0 Å². The summed E-state index contributed by atoms with van der Waals surface area (Å²) in [5, 5.41) is 6.01. The van der Waals surface area contributed by atoms with Crippen molar-refractivity contribution in [3.63, 3.8) is 0 Å². The third-order valence-corrected chi connectivity index (χ3v) is 3.73. The van der Waals surface area contributed by atoms with Crippen LogP contribution in [-0.4, -0.2) is 17.4 Å². The number of aromatic nitrogens is 1. The van der Waals surface area contributed by atoms with Gasteiger partial charge >= 0.3 is 0 Å². The van der Waals surface area contributed by atoms with Crippen LogP contribution in [0.5, 0.6) is 0 Å². The lowest BCUT2D eigenvalue weighted by Crippen LogP contribution is -2.13. The largest absolute Gasteiger partial charge is 0.330 e. The molecule has 1 amide bonds. The lowest BCUT2D eigenvalue weighted by Gasteiger charge is -2.07. The monoisotopic (exact) mass is 295 g/mol. The fourth-order valence-corrected chi connectivity index (χ4v) is 2.53. The van der Waals surface area contributed by atoms with Crippen molar-refractivity contribution in [3.8, 4) is 0 Å². The summed E-state index contributed by atoms with van der Waals surface area (Å²) in [6.45, 7) is 2.44. The molecule has 3 N–H and O–H groups in total. The second-order valence-corrected chi connectivity index (χ2v) is 5.46. The zero-order valence-corrected chi connectivity index (χ0v) is 12.0. The summed E-state index contributed by atoms with van der Waals surface area (Å²) in [7, 11) is 0. The highest BCUT2D eigenvalue weighted by atomic mass is 35.5. The maximum absolute atomic E-state index is 12.1. The first-order chi connectivity index (χ1) is 9.10. The van der Waals surface area contributed by atoms with Crippen LogP contribution in [0.4, 0.5) is 5.69 Å². The summed E-state index contributed by atoms with van der Waals surface area (Å²) in [5.41, 5.74) is 7.52. The summed E-state index contributed by atoms with van der Waals surface area (Å²) in [6, 6.07) is 5.37. The van der Waals surface area contributed by atoms with Gasteiger partial charge in [-0.25, -0.2) is 4.98 Å². The standard InChI is InChI=1S/C13H14ClN3OS/c1-8-2-3-9(14)6-10(8)17-13(18)11-7-19-12(16-11)4-5-15/h2-3,6-7H,4-5,15H2,1H3,(H,17,18). The van der Waals surface area contributed by atoms with Crippen LogP contribution in [0.15, 0.2) is 23.6 Å². The molecule has 0 aliphatic carbocycles. The topological polar surface area (TPSA) is 68.0 Å². The van der Waals surface area contributed by atoms with Crippen LogP contribution in [0, 0.1) is 6.92 Å². The van der Waals surface area contributed by atoms with Crippen molar-refractivity contribution in [3.05, 3.63) is 44.9 Å².